The molecule has 0 atom stereocenters. The Morgan fingerprint density at radius 3 is 2.33 bits per heavy atom. The van der Waals surface area contributed by atoms with Crippen LogP contribution in [0.1, 0.15) is 5.56 Å². The average Bonchev–Trinajstić information content (AvgIpc) is 2.04. The van der Waals surface area contributed by atoms with Crippen LogP contribution in [0.4, 0.5) is 0 Å². The summed E-state index contributed by atoms with van der Waals surface area (Å²) in [5, 5.41) is 3.90. The average molecular weight is 206 g/mol. The minimum atomic E-state index is 0. The molecule has 0 aliphatic heterocycles. The second-order valence-electron chi connectivity index (χ2n) is 2.48. The van der Waals surface area contributed by atoms with Crippen LogP contribution in [0.2, 0.25) is 5.02 Å². The van der Waals surface area contributed by atoms with Crippen LogP contribution in [0.25, 0.3) is 0 Å². The number of hydrogen-bond acceptors (Lipinski definition) is 1. The van der Waals surface area contributed by atoms with Crippen molar-refractivity contribution in [2.24, 2.45) is 0 Å². The van der Waals surface area contributed by atoms with Crippen LogP contribution in [0.5, 0.6) is 0 Å². The maximum absolute atomic E-state index is 5.73. The third-order valence-corrected chi connectivity index (χ3v) is 1.83. The van der Waals surface area contributed by atoms with E-state index in [2.05, 4.69) is 17.4 Å². The summed E-state index contributed by atoms with van der Waals surface area (Å²) in [5.74, 6) is 0. The van der Waals surface area contributed by atoms with Gasteiger partial charge in [-0.25, -0.2) is 0 Å². The Morgan fingerprint density at radius 2 is 1.83 bits per heavy atom. The van der Waals surface area contributed by atoms with Crippen molar-refractivity contribution < 1.29 is 0 Å². The van der Waals surface area contributed by atoms with Gasteiger partial charge in [0.15, 0.2) is 0 Å². The predicted molar refractivity (Wildman–Crippen MR) is 56.3 cm³/mol. The van der Waals surface area contributed by atoms with E-state index >= 15 is 0 Å². The molecule has 0 spiro atoms. The summed E-state index contributed by atoms with van der Waals surface area (Å²) in [6.07, 6.45) is 1.06. The first kappa shape index (κ1) is 11.8. The zero-order valence-electron chi connectivity index (χ0n) is 7.01. The Labute approximate surface area is 84.5 Å². The highest BCUT2D eigenvalue weighted by atomic mass is 35.5. The molecule has 1 N–H and O–H groups in total. The lowest BCUT2D eigenvalue weighted by molar-refractivity contribution is 0.792. The molecule has 0 heterocycles. The van der Waals surface area contributed by atoms with Gasteiger partial charge in [0.1, 0.15) is 0 Å². The molecule has 0 bridgehead atoms. The zero-order valence-corrected chi connectivity index (χ0v) is 8.58. The second-order valence-corrected chi connectivity index (χ2v) is 2.92. The molecule has 1 nitrogen and oxygen atoms in total. The molecule has 0 aliphatic rings. The van der Waals surface area contributed by atoms with E-state index in [0.717, 1.165) is 18.0 Å². The molecular weight excluding hydrogens is 193 g/mol. The summed E-state index contributed by atoms with van der Waals surface area (Å²) < 4.78 is 0. The van der Waals surface area contributed by atoms with Crippen molar-refractivity contribution in [2.45, 2.75) is 6.42 Å². The largest absolute Gasteiger partial charge is 0.319 e. The zero-order chi connectivity index (χ0) is 8.10. The second kappa shape index (κ2) is 6.30. The SMILES string of the molecule is CNCCc1ccc(Cl)cc1.Cl. The molecule has 3 heteroatoms. The number of likely N-dealkylation sites (N-methyl/N-ethyl adjacent to an activating group) is 1. The highest BCUT2D eigenvalue weighted by Crippen LogP contribution is 2.09. The number of benzene rings is 1. The molecule has 1 aromatic rings. The van der Waals surface area contributed by atoms with Gasteiger partial charge in [-0.3, -0.25) is 0 Å². The standard InChI is InChI=1S/C9H12ClN.ClH/c1-11-7-6-8-2-4-9(10)5-3-8;/h2-5,11H,6-7H2,1H3;1H. The van der Waals surface area contributed by atoms with E-state index in [0.29, 0.717) is 0 Å². The first-order valence-electron chi connectivity index (χ1n) is 3.72. The number of hydrogen-bond donors (Lipinski definition) is 1. The van der Waals surface area contributed by atoms with E-state index in [-0.39, 0.29) is 12.4 Å². The Kier molecular flexibility index (Phi) is 6.17. The minimum absolute atomic E-state index is 0. The first-order valence-corrected chi connectivity index (χ1v) is 4.10. The smallest absolute Gasteiger partial charge is 0.0406 e. The summed E-state index contributed by atoms with van der Waals surface area (Å²) in [5.41, 5.74) is 1.32. The molecule has 0 aromatic heterocycles. The number of halogens is 2. The molecule has 0 radical (unpaired) electrons. The van der Waals surface area contributed by atoms with Crippen LogP contribution in [0.3, 0.4) is 0 Å². The van der Waals surface area contributed by atoms with Crippen LogP contribution in [-0.2, 0) is 6.42 Å². The van der Waals surface area contributed by atoms with Gasteiger partial charge < -0.3 is 5.32 Å². The minimum Gasteiger partial charge on any atom is -0.319 e. The monoisotopic (exact) mass is 205 g/mol. The fraction of sp³-hybridized carbons (Fsp3) is 0.333. The van der Waals surface area contributed by atoms with Crippen molar-refractivity contribution in [1.82, 2.24) is 5.32 Å². The van der Waals surface area contributed by atoms with E-state index in [1.165, 1.54) is 5.56 Å². The molecule has 0 aliphatic carbocycles. The van der Waals surface area contributed by atoms with Crippen LogP contribution >= 0.6 is 24.0 Å². The predicted octanol–water partition coefficient (Wildman–Crippen LogP) is 2.52. The highest BCUT2D eigenvalue weighted by molar-refractivity contribution is 6.30. The fourth-order valence-corrected chi connectivity index (χ4v) is 1.05. The lowest BCUT2D eigenvalue weighted by Crippen LogP contribution is -2.09. The van der Waals surface area contributed by atoms with Crippen molar-refractivity contribution in [3.8, 4) is 0 Å². The Balaban J connectivity index is 0.00000121. The summed E-state index contributed by atoms with van der Waals surface area (Å²) in [4.78, 5) is 0. The molecule has 12 heavy (non-hydrogen) atoms. The molecule has 0 saturated heterocycles. The van der Waals surface area contributed by atoms with Gasteiger partial charge in [-0.15, -0.1) is 12.4 Å². The topological polar surface area (TPSA) is 12.0 Å². The maximum atomic E-state index is 5.73. The van der Waals surface area contributed by atoms with Gasteiger partial charge in [0.25, 0.3) is 0 Å². The third kappa shape index (κ3) is 3.96. The first-order chi connectivity index (χ1) is 5.33. The number of nitrogens with one attached hydrogen (secondary N) is 1. The van der Waals surface area contributed by atoms with Gasteiger partial charge in [0, 0.05) is 5.02 Å². The van der Waals surface area contributed by atoms with Crippen molar-refractivity contribution in [3.63, 3.8) is 0 Å². The molecule has 0 amide bonds. The normalized spacial score (nSPS) is 9.17. The van der Waals surface area contributed by atoms with E-state index in [1.807, 2.05) is 19.2 Å². The highest BCUT2D eigenvalue weighted by Gasteiger charge is 1.90. The van der Waals surface area contributed by atoms with Gasteiger partial charge in [-0.1, -0.05) is 23.7 Å². The maximum Gasteiger partial charge on any atom is 0.0406 e. The molecule has 0 saturated carbocycles. The fourth-order valence-electron chi connectivity index (χ4n) is 0.920. The van der Waals surface area contributed by atoms with Crippen molar-refractivity contribution in [2.75, 3.05) is 13.6 Å². The summed E-state index contributed by atoms with van der Waals surface area (Å²) >= 11 is 5.73. The van der Waals surface area contributed by atoms with Crippen LogP contribution < -0.4 is 5.32 Å². The van der Waals surface area contributed by atoms with Crippen molar-refractivity contribution in [3.05, 3.63) is 34.9 Å². The van der Waals surface area contributed by atoms with Gasteiger partial charge >= 0.3 is 0 Å². The van der Waals surface area contributed by atoms with Crippen LogP contribution in [0.15, 0.2) is 24.3 Å². The summed E-state index contributed by atoms with van der Waals surface area (Å²) in [6.45, 7) is 1.02. The molecule has 0 fully saturated rings. The van der Waals surface area contributed by atoms with E-state index in [1.54, 1.807) is 0 Å². The summed E-state index contributed by atoms with van der Waals surface area (Å²) in [7, 11) is 1.95. The summed E-state index contributed by atoms with van der Waals surface area (Å²) in [6, 6.07) is 7.96. The number of rotatable bonds is 3. The molecule has 68 valence electrons. The molecule has 1 aromatic carbocycles. The van der Waals surface area contributed by atoms with Gasteiger partial charge in [0.2, 0.25) is 0 Å². The lowest BCUT2D eigenvalue weighted by Gasteiger charge is -1.99. The van der Waals surface area contributed by atoms with E-state index in [4.69, 9.17) is 11.6 Å². The van der Waals surface area contributed by atoms with Crippen LogP contribution in [-0.4, -0.2) is 13.6 Å². The van der Waals surface area contributed by atoms with Gasteiger partial charge in [0.05, 0.1) is 0 Å². The van der Waals surface area contributed by atoms with Gasteiger partial charge in [-0.2, -0.15) is 0 Å². The van der Waals surface area contributed by atoms with Gasteiger partial charge in [-0.05, 0) is 37.7 Å². The van der Waals surface area contributed by atoms with Crippen molar-refractivity contribution >= 4 is 24.0 Å². The van der Waals surface area contributed by atoms with E-state index in [9.17, 15) is 0 Å². The third-order valence-electron chi connectivity index (χ3n) is 1.58. The quantitative estimate of drug-likeness (QED) is 0.801. The molecular formula is C9H13Cl2N. The Hall–Kier alpha value is -0.240. The van der Waals surface area contributed by atoms with Crippen LogP contribution in [0, 0.1) is 0 Å². The Morgan fingerprint density at radius 1 is 1.25 bits per heavy atom. The van der Waals surface area contributed by atoms with E-state index < -0.39 is 0 Å². The lowest BCUT2D eigenvalue weighted by atomic mass is 10.1. The Bertz CT molecular complexity index is 208. The molecule has 0 unspecified atom stereocenters. The van der Waals surface area contributed by atoms with Crippen molar-refractivity contribution in [1.29, 1.82) is 0 Å². The molecule has 1 rings (SSSR count).